The van der Waals surface area contributed by atoms with E-state index in [1.165, 1.54) is 0 Å². The van der Waals surface area contributed by atoms with Crippen LogP contribution in [0.5, 0.6) is 0 Å². The molecule has 0 saturated carbocycles. The zero-order valence-corrected chi connectivity index (χ0v) is 12.2. The van der Waals surface area contributed by atoms with E-state index >= 15 is 0 Å². The molecule has 0 aliphatic heterocycles. The number of aldehydes is 1. The average Bonchev–Trinajstić information content (AvgIpc) is 2.32. The summed E-state index contributed by atoms with van der Waals surface area (Å²) < 4.78 is 6.17. The van der Waals surface area contributed by atoms with Crippen molar-refractivity contribution in [3.8, 4) is 0 Å². The predicted molar refractivity (Wildman–Crippen MR) is 72.1 cm³/mol. The van der Waals surface area contributed by atoms with Gasteiger partial charge in [-0.1, -0.05) is 33.8 Å². The first-order valence-electron chi connectivity index (χ1n) is 6.33. The molecule has 0 amide bonds. The van der Waals surface area contributed by atoms with Gasteiger partial charge in [-0.2, -0.15) is 0 Å². The maximum atomic E-state index is 11.1. The summed E-state index contributed by atoms with van der Waals surface area (Å²) in [4.78, 5) is 11.1. The molecule has 0 aromatic heterocycles. The molecule has 0 spiro atoms. The highest BCUT2D eigenvalue weighted by Gasteiger charge is 2.33. The molecule has 16 heavy (non-hydrogen) atoms. The summed E-state index contributed by atoms with van der Waals surface area (Å²) in [5, 5.41) is 0. The van der Waals surface area contributed by atoms with Gasteiger partial charge in [-0.05, 0) is 30.5 Å². The van der Waals surface area contributed by atoms with E-state index in [2.05, 4.69) is 34.3 Å². The van der Waals surface area contributed by atoms with Crippen molar-refractivity contribution in [3.63, 3.8) is 0 Å². The molecule has 0 N–H and O–H groups in total. The number of allylic oxidation sites excluding steroid dienone is 1. The van der Waals surface area contributed by atoms with E-state index in [-0.39, 0.29) is 12.0 Å². The first kappa shape index (κ1) is 15.6. The van der Waals surface area contributed by atoms with Crippen molar-refractivity contribution in [2.24, 2.45) is 5.92 Å². The zero-order valence-electron chi connectivity index (χ0n) is 11.2. The zero-order chi connectivity index (χ0) is 12.6. The van der Waals surface area contributed by atoms with Crippen molar-refractivity contribution in [1.82, 2.24) is 0 Å². The molecule has 0 aliphatic rings. The number of carbonyl (C=O) groups is 1. The second-order valence-corrected chi connectivity index (χ2v) is 9.19. The Kier molecular flexibility index (Phi) is 7.59. The van der Waals surface area contributed by atoms with Crippen LogP contribution in [-0.4, -0.2) is 20.7 Å². The van der Waals surface area contributed by atoms with Crippen molar-refractivity contribution < 1.29 is 9.22 Å². The average molecular weight is 242 g/mol. The summed E-state index contributed by atoms with van der Waals surface area (Å²) in [5.41, 5.74) is 0. The highest BCUT2D eigenvalue weighted by Crippen LogP contribution is 2.25. The smallest absolute Gasteiger partial charge is 0.193 e. The van der Waals surface area contributed by atoms with Gasteiger partial charge in [0.25, 0.3) is 0 Å². The maximum Gasteiger partial charge on any atom is 0.193 e. The van der Waals surface area contributed by atoms with Gasteiger partial charge in [-0.15, -0.1) is 6.58 Å². The van der Waals surface area contributed by atoms with Crippen molar-refractivity contribution in [2.45, 2.75) is 58.4 Å². The highest BCUT2D eigenvalue weighted by atomic mass is 28.4. The molecule has 0 aromatic rings. The van der Waals surface area contributed by atoms with Gasteiger partial charge in [-0.25, -0.2) is 0 Å². The van der Waals surface area contributed by atoms with Crippen molar-refractivity contribution >= 4 is 14.6 Å². The van der Waals surface area contributed by atoms with E-state index in [9.17, 15) is 4.79 Å². The van der Waals surface area contributed by atoms with Crippen molar-refractivity contribution in [1.29, 1.82) is 0 Å². The molecular formula is C13H26O2Si. The Morgan fingerprint density at radius 3 is 2.06 bits per heavy atom. The van der Waals surface area contributed by atoms with Crippen LogP contribution < -0.4 is 0 Å². The van der Waals surface area contributed by atoms with Crippen molar-refractivity contribution in [2.75, 3.05) is 0 Å². The largest absolute Gasteiger partial charge is 0.407 e. The van der Waals surface area contributed by atoms with Gasteiger partial charge < -0.3 is 9.22 Å². The molecule has 0 saturated heterocycles. The molecule has 2 nitrogen and oxygen atoms in total. The molecular weight excluding hydrogens is 216 g/mol. The number of carbonyl (C=O) groups excluding carboxylic acids is 1. The Labute approximate surface area is 101 Å². The Hall–Kier alpha value is -0.413. The molecule has 0 rings (SSSR count). The maximum absolute atomic E-state index is 11.1. The first-order chi connectivity index (χ1) is 7.59. The molecule has 0 radical (unpaired) electrons. The molecule has 3 heteroatoms. The lowest BCUT2D eigenvalue weighted by Gasteiger charge is -2.33. The minimum Gasteiger partial charge on any atom is -0.407 e. The normalized spacial score (nSPS) is 15.5. The quantitative estimate of drug-likeness (QED) is 0.349. The van der Waals surface area contributed by atoms with Crippen molar-refractivity contribution in [3.05, 3.63) is 12.7 Å². The fourth-order valence-electron chi connectivity index (χ4n) is 1.96. The van der Waals surface area contributed by atoms with Gasteiger partial charge in [0.15, 0.2) is 8.32 Å². The second-order valence-electron chi connectivity index (χ2n) is 4.46. The van der Waals surface area contributed by atoms with Crippen LogP contribution in [0, 0.1) is 5.92 Å². The fourth-order valence-corrected chi connectivity index (χ4v) is 4.83. The lowest BCUT2D eigenvalue weighted by molar-refractivity contribution is -0.116. The van der Waals surface area contributed by atoms with Gasteiger partial charge in [0.1, 0.15) is 12.4 Å². The van der Waals surface area contributed by atoms with Crippen LogP contribution in [0.2, 0.25) is 18.1 Å². The topological polar surface area (TPSA) is 26.3 Å². The Morgan fingerprint density at radius 2 is 1.75 bits per heavy atom. The number of rotatable bonds is 9. The van der Waals surface area contributed by atoms with Gasteiger partial charge >= 0.3 is 0 Å². The number of hydrogen-bond acceptors (Lipinski definition) is 2. The van der Waals surface area contributed by atoms with E-state index < -0.39 is 8.32 Å². The van der Waals surface area contributed by atoms with Crippen LogP contribution in [0.15, 0.2) is 12.7 Å². The molecule has 0 fully saturated rings. The fraction of sp³-hybridized carbons (Fsp3) is 0.769. The van der Waals surface area contributed by atoms with Gasteiger partial charge in [-0.3, -0.25) is 0 Å². The molecule has 0 heterocycles. The monoisotopic (exact) mass is 242 g/mol. The molecule has 0 aromatic carbocycles. The summed E-state index contributed by atoms with van der Waals surface area (Å²) in [6.07, 6.45) is 3.42. The standard InChI is InChI=1S/C13H26O2Si/c1-6-10-12(5)13(11-14)15-16(7-2,8-3)9-4/h6,11-13H,1,7-10H2,2-5H3/t12-,13+/m1/s1. The van der Waals surface area contributed by atoms with Crippen LogP contribution in [0.3, 0.4) is 0 Å². The molecule has 0 bridgehead atoms. The predicted octanol–water partition coefficient (Wildman–Crippen LogP) is 3.79. The molecule has 2 atom stereocenters. The summed E-state index contributed by atoms with van der Waals surface area (Å²) in [5.74, 6) is 0.242. The molecule has 0 aliphatic carbocycles. The number of hydrogen-bond donors (Lipinski definition) is 0. The van der Waals surface area contributed by atoms with Gasteiger partial charge in [0, 0.05) is 0 Å². The Morgan fingerprint density at radius 1 is 1.25 bits per heavy atom. The third-order valence-electron chi connectivity index (χ3n) is 3.55. The Bertz CT molecular complexity index is 204. The van der Waals surface area contributed by atoms with Crippen LogP contribution in [0.4, 0.5) is 0 Å². The highest BCUT2D eigenvalue weighted by molar-refractivity contribution is 6.73. The SMILES string of the molecule is C=CC[C@@H](C)[C@H](C=O)O[Si](CC)(CC)CC. The van der Waals surface area contributed by atoms with E-state index in [0.717, 1.165) is 30.8 Å². The van der Waals surface area contributed by atoms with Crippen LogP contribution in [0.25, 0.3) is 0 Å². The Balaban J connectivity index is 4.60. The first-order valence-corrected chi connectivity index (χ1v) is 8.86. The minimum absolute atomic E-state index is 0.242. The van der Waals surface area contributed by atoms with Gasteiger partial charge in [0.05, 0.1) is 0 Å². The summed E-state index contributed by atoms with van der Waals surface area (Å²) >= 11 is 0. The lowest BCUT2D eigenvalue weighted by atomic mass is 10.0. The van der Waals surface area contributed by atoms with Gasteiger partial charge in [0.2, 0.25) is 0 Å². The van der Waals surface area contributed by atoms with Crippen LogP contribution >= 0.6 is 0 Å². The molecule has 0 unspecified atom stereocenters. The lowest BCUT2D eigenvalue weighted by Crippen LogP contribution is -2.42. The van der Waals surface area contributed by atoms with Crippen LogP contribution in [0.1, 0.15) is 34.1 Å². The van der Waals surface area contributed by atoms with E-state index in [4.69, 9.17) is 4.43 Å². The van der Waals surface area contributed by atoms with Crippen LogP contribution in [-0.2, 0) is 9.22 Å². The summed E-state index contributed by atoms with van der Waals surface area (Å²) in [6.45, 7) is 12.3. The minimum atomic E-state index is -1.66. The van der Waals surface area contributed by atoms with E-state index in [1.807, 2.05) is 6.08 Å². The second kappa shape index (κ2) is 7.79. The third kappa shape index (κ3) is 4.22. The van der Waals surface area contributed by atoms with E-state index in [0.29, 0.717) is 0 Å². The third-order valence-corrected chi connectivity index (χ3v) is 8.19. The summed E-state index contributed by atoms with van der Waals surface area (Å²) in [7, 11) is -1.66. The summed E-state index contributed by atoms with van der Waals surface area (Å²) in [6, 6.07) is 3.27. The molecule has 94 valence electrons. The van der Waals surface area contributed by atoms with E-state index in [1.54, 1.807) is 0 Å².